The normalized spacial score (nSPS) is 14.0. The SMILES string of the molecule is O=P1(c2ccc3c4ccccc4n(-c4ccccc4)c3c2)N(c2ccccc2)c2ccccc2N1c1ccccc1. The zero-order valence-corrected chi connectivity index (χ0v) is 23.1. The summed E-state index contributed by atoms with van der Waals surface area (Å²) in [5.74, 6) is 0. The van der Waals surface area contributed by atoms with Crippen LogP contribution in [0, 0.1) is 0 Å². The Hall–Kier alpha value is -5.05. The predicted molar refractivity (Wildman–Crippen MR) is 172 cm³/mol. The molecule has 0 N–H and O–H groups in total. The van der Waals surface area contributed by atoms with Crippen LogP contribution in [0.2, 0.25) is 0 Å². The molecule has 0 saturated carbocycles. The van der Waals surface area contributed by atoms with Gasteiger partial charge in [-0.1, -0.05) is 91.0 Å². The van der Waals surface area contributed by atoms with E-state index in [4.69, 9.17) is 0 Å². The number of hydrogen-bond donors (Lipinski definition) is 0. The van der Waals surface area contributed by atoms with Gasteiger partial charge in [0, 0.05) is 27.8 Å². The quantitative estimate of drug-likeness (QED) is 0.205. The molecule has 1 aromatic heterocycles. The van der Waals surface area contributed by atoms with Crippen LogP contribution < -0.4 is 14.6 Å². The molecule has 8 rings (SSSR count). The van der Waals surface area contributed by atoms with Crippen molar-refractivity contribution in [1.82, 2.24) is 4.57 Å². The number of para-hydroxylation sites is 6. The molecule has 4 nitrogen and oxygen atoms in total. The molecule has 0 radical (unpaired) electrons. The van der Waals surface area contributed by atoms with E-state index in [0.29, 0.717) is 0 Å². The maximum absolute atomic E-state index is 16.1. The molecule has 0 bridgehead atoms. The lowest BCUT2D eigenvalue weighted by Crippen LogP contribution is -2.26. The van der Waals surface area contributed by atoms with Gasteiger partial charge in [0.05, 0.1) is 27.7 Å². The van der Waals surface area contributed by atoms with Gasteiger partial charge in [0.2, 0.25) is 0 Å². The summed E-state index contributed by atoms with van der Waals surface area (Å²) in [6.07, 6.45) is 0. The molecule has 0 spiro atoms. The first-order valence-corrected chi connectivity index (χ1v) is 15.4. The molecular formula is C36H26N3OP. The molecule has 0 atom stereocenters. The highest BCUT2D eigenvalue weighted by atomic mass is 31.2. The Kier molecular flexibility index (Phi) is 5.38. The Morgan fingerprint density at radius 1 is 0.415 bits per heavy atom. The van der Waals surface area contributed by atoms with Gasteiger partial charge in [-0.15, -0.1) is 0 Å². The van der Waals surface area contributed by atoms with Crippen LogP contribution in [0.1, 0.15) is 0 Å². The Morgan fingerprint density at radius 3 is 1.46 bits per heavy atom. The van der Waals surface area contributed by atoms with Crippen LogP contribution in [0.3, 0.4) is 0 Å². The molecule has 7 aromatic rings. The van der Waals surface area contributed by atoms with E-state index in [9.17, 15) is 0 Å². The molecule has 41 heavy (non-hydrogen) atoms. The molecule has 1 aliphatic heterocycles. The van der Waals surface area contributed by atoms with E-state index in [1.165, 1.54) is 5.39 Å². The van der Waals surface area contributed by atoms with Crippen molar-refractivity contribution in [2.24, 2.45) is 0 Å². The number of benzene rings is 6. The zero-order chi connectivity index (χ0) is 27.4. The average molecular weight is 548 g/mol. The van der Waals surface area contributed by atoms with Gasteiger partial charge in [-0.05, 0) is 66.7 Å². The highest BCUT2D eigenvalue weighted by molar-refractivity contribution is 7.76. The molecule has 0 fully saturated rings. The van der Waals surface area contributed by atoms with Crippen molar-refractivity contribution < 1.29 is 4.57 Å². The van der Waals surface area contributed by atoms with Gasteiger partial charge < -0.3 is 4.57 Å². The standard InChI is InChI=1S/C36H26N3OP/c40-41(30-24-25-32-31-20-10-11-21-33(31)37(36(32)26-30)27-14-4-1-5-15-27)38(28-16-6-2-7-17-28)34-22-12-13-23-35(34)39(41)29-18-8-3-9-19-29/h1-26H. The summed E-state index contributed by atoms with van der Waals surface area (Å²) in [6.45, 7) is 0. The monoisotopic (exact) mass is 547 g/mol. The molecule has 1 aliphatic rings. The van der Waals surface area contributed by atoms with Crippen molar-refractivity contribution in [3.63, 3.8) is 0 Å². The number of aromatic nitrogens is 1. The second kappa shape index (κ2) is 9.26. The fourth-order valence-electron chi connectivity index (χ4n) is 6.16. The number of hydrogen-bond acceptors (Lipinski definition) is 1. The Morgan fingerprint density at radius 2 is 0.878 bits per heavy atom. The average Bonchev–Trinajstić information content (AvgIpc) is 3.51. The highest BCUT2D eigenvalue weighted by Gasteiger charge is 2.49. The third kappa shape index (κ3) is 3.51. The number of anilines is 4. The van der Waals surface area contributed by atoms with Crippen molar-refractivity contribution in [3.8, 4) is 5.69 Å². The second-order valence-corrected chi connectivity index (χ2v) is 12.6. The van der Waals surface area contributed by atoms with E-state index >= 15 is 4.57 Å². The van der Waals surface area contributed by atoms with Crippen LogP contribution in [-0.4, -0.2) is 4.57 Å². The third-order valence-corrected chi connectivity index (χ3v) is 10.8. The summed E-state index contributed by atoms with van der Waals surface area (Å²) in [6, 6.07) is 53.5. The summed E-state index contributed by atoms with van der Waals surface area (Å²) in [4.78, 5) is 0. The van der Waals surface area contributed by atoms with Crippen molar-refractivity contribution in [1.29, 1.82) is 0 Å². The molecular weight excluding hydrogens is 521 g/mol. The first-order chi connectivity index (χ1) is 20.2. The van der Waals surface area contributed by atoms with Gasteiger partial charge in [-0.3, -0.25) is 13.9 Å². The smallest absolute Gasteiger partial charge is 0.301 e. The first kappa shape index (κ1) is 23.8. The Bertz CT molecular complexity index is 2020. The topological polar surface area (TPSA) is 28.5 Å². The van der Waals surface area contributed by atoms with Crippen LogP contribution in [0.25, 0.3) is 27.5 Å². The molecule has 0 amide bonds. The highest BCUT2D eigenvalue weighted by Crippen LogP contribution is 2.69. The van der Waals surface area contributed by atoms with Crippen molar-refractivity contribution in [3.05, 3.63) is 158 Å². The van der Waals surface area contributed by atoms with Gasteiger partial charge in [0.1, 0.15) is 0 Å². The van der Waals surface area contributed by atoms with Crippen LogP contribution in [0.15, 0.2) is 158 Å². The lowest BCUT2D eigenvalue weighted by molar-refractivity contribution is 0.582. The molecule has 0 saturated heterocycles. The minimum atomic E-state index is -3.47. The summed E-state index contributed by atoms with van der Waals surface area (Å²) in [5.41, 5.74) is 6.87. The van der Waals surface area contributed by atoms with Crippen molar-refractivity contribution >= 4 is 57.3 Å². The fourth-order valence-corrected chi connectivity index (χ4v) is 9.17. The Labute approximate surface area is 238 Å². The summed E-state index contributed by atoms with van der Waals surface area (Å²) >= 11 is 0. The number of nitrogens with zero attached hydrogens (tertiary/aromatic N) is 3. The maximum Gasteiger partial charge on any atom is 0.301 e. The summed E-state index contributed by atoms with van der Waals surface area (Å²) < 4.78 is 22.5. The second-order valence-electron chi connectivity index (χ2n) is 10.2. The Balaban J connectivity index is 1.46. The maximum atomic E-state index is 16.1. The van der Waals surface area contributed by atoms with Crippen LogP contribution in [0.4, 0.5) is 22.7 Å². The number of fused-ring (bicyclic) bond motifs is 4. The van der Waals surface area contributed by atoms with Crippen molar-refractivity contribution in [2.45, 2.75) is 0 Å². The molecule has 0 unspecified atom stereocenters. The van der Waals surface area contributed by atoms with Gasteiger partial charge >= 0.3 is 7.44 Å². The van der Waals surface area contributed by atoms with Crippen LogP contribution in [0.5, 0.6) is 0 Å². The van der Waals surface area contributed by atoms with Gasteiger partial charge in [-0.2, -0.15) is 0 Å². The molecule has 5 heteroatoms. The molecule has 6 aromatic carbocycles. The summed E-state index contributed by atoms with van der Waals surface area (Å²) in [7, 11) is -3.47. The van der Waals surface area contributed by atoms with E-state index in [0.717, 1.165) is 50.2 Å². The van der Waals surface area contributed by atoms with Gasteiger partial charge in [-0.25, -0.2) is 0 Å². The minimum Gasteiger partial charge on any atom is -0.309 e. The lowest BCUT2D eigenvalue weighted by Gasteiger charge is -2.33. The van der Waals surface area contributed by atoms with E-state index in [1.54, 1.807) is 0 Å². The fraction of sp³-hybridized carbons (Fsp3) is 0. The molecule has 0 aliphatic carbocycles. The molecule has 2 heterocycles. The van der Waals surface area contributed by atoms with Crippen LogP contribution >= 0.6 is 7.44 Å². The van der Waals surface area contributed by atoms with E-state index in [-0.39, 0.29) is 0 Å². The van der Waals surface area contributed by atoms with Gasteiger partial charge in [0.15, 0.2) is 0 Å². The molecule has 196 valence electrons. The van der Waals surface area contributed by atoms with E-state index < -0.39 is 7.44 Å². The predicted octanol–water partition coefficient (Wildman–Crippen LogP) is 9.59. The van der Waals surface area contributed by atoms with Gasteiger partial charge in [0.25, 0.3) is 0 Å². The van der Waals surface area contributed by atoms with Crippen LogP contribution in [-0.2, 0) is 4.57 Å². The minimum absolute atomic E-state index is 0.772. The number of rotatable bonds is 4. The third-order valence-electron chi connectivity index (χ3n) is 7.89. The zero-order valence-electron chi connectivity index (χ0n) is 22.2. The lowest BCUT2D eigenvalue weighted by atomic mass is 10.2. The van der Waals surface area contributed by atoms with Crippen molar-refractivity contribution in [2.75, 3.05) is 9.34 Å². The largest absolute Gasteiger partial charge is 0.309 e. The summed E-state index contributed by atoms with van der Waals surface area (Å²) in [5, 5.41) is 3.08. The van der Waals surface area contributed by atoms with E-state index in [2.05, 4.69) is 83.4 Å². The van der Waals surface area contributed by atoms with E-state index in [1.807, 2.05) is 88.2 Å². The first-order valence-electron chi connectivity index (χ1n) is 13.7.